The van der Waals surface area contributed by atoms with Crippen LogP contribution in [0.25, 0.3) is 28.3 Å². The van der Waals surface area contributed by atoms with E-state index in [0.717, 1.165) is 48.3 Å². The number of hydrogen-bond acceptors (Lipinski definition) is 0. The van der Waals surface area contributed by atoms with Gasteiger partial charge in [0.25, 0.3) is 0 Å². The molecule has 0 saturated heterocycles. The molecular formula is C51H66. The topological polar surface area (TPSA) is 0 Å². The van der Waals surface area contributed by atoms with E-state index in [1.54, 1.807) is 16.7 Å². The summed E-state index contributed by atoms with van der Waals surface area (Å²) < 4.78 is 0. The Labute approximate surface area is 311 Å². The van der Waals surface area contributed by atoms with Gasteiger partial charge in [-0.2, -0.15) is 0 Å². The number of benzene rings is 3. The maximum absolute atomic E-state index is 4.31. The zero-order valence-electron chi connectivity index (χ0n) is 33.6. The molecule has 0 aromatic heterocycles. The van der Waals surface area contributed by atoms with Crippen LogP contribution in [-0.4, -0.2) is 0 Å². The van der Waals surface area contributed by atoms with Gasteiger partial charge in [-0.3, -0.25) is 0 Å². The third-order valence-electron chi connectivity index (χ3n) is 12.9. The summed E-state index contributed by atoms with van der Waals surface area (Å²) in [7, 11) is 0. The highest BCUT2D eigenvalue weighted by atomic mass is 14.5. The average molecular weight is 679 g/mol. The first-order valence-electron chi connectivity index (χ1n) is 20.7. The van der Waals surface area contributed by atoms with Crippen LogP contribution in [0.3, 0.4) is 0 Å². The summed E-state index contributed by atoms with van der Waals surface area (Å²) >= 11 is 0. The summed E-state index contributed by atoms with van der Waals surface area (Å²) in [5, 5.41) is 0. The molecule has 1 unspecified atom stereocenters. The van der Waals surface area contributed by atoms with Crippen molar-refractivity contribution in [2.75, 3.05) is 0 Å². The first-order valence-corrected chi connectivity index (χ1v) is 20.7. The Morgan fingerprint density at radius 3 is 2.04 bits per heavy atom. The van der Waals surface area contributed by atoms with Gasteiger partial charge < -0.3 is 0 Å². The van der Waals surface area contributed by atoms with Crippen molar-refractivity contribution in [2.24, 2.45) is 40.9 Å². The molecule has 51 heavy (non-hydrogen) atoms. The zero-order valence-corrected chi connectivity index (χ0v) is 33.6. The van der Waals surface area contributed by atoms with Crippen LogP contribution in [0.15, 0.2) is 66.8 Å². The summed E-state index contributed by atoms with van der Waals surface area (Å²) in [6.45, 7) is 24.6. The van der Waals surface area contributed by atoms with E-state index in [0.29, 0.717) is 11.3 Å². The number of aryl methyl sites for hydroxylation is 2. The molecule has 5 aliphatic rings. The second-order valence-electron chi connectivity index (χ2n) is 19.6. The number of fused-ring (bicyclic) bond motifs is 2. The highest BCUT2D eigenvalue weighted by Crippen LogP contribution is 2.55. The van der Waals surface area contributed by atoms with Crippen LogP contribution < -0.4 is 0 Å². The molecule has 0 N–H and O–H groups in total. The second kappa shape index (κ2) is 14.4. The molecule has 0 heterocycles. The molecule has 0 aliphatic heterocycles. The number of allylic oxidation sites excluding steroid dienone is 4. The molecule has 8 rings (SSSR count). The quantitative estimate of drug-likeness (QED) is 0.208. The predicted octanol–water partition coefficient (Wildman–Crippen LogP) is 14.6. The van der Waals surface area contributed by atoms with Crippen LogP contribution in [0.4, 0.5) is 0 Å². The summed E-state index contributed by atoms with van der Waals surface area (Å²) in [4.78, 5) is 0. The zero-order chi connectivity index (χ0) is 36.2. The fourth-order valence-electron chi connectivity index (χ4n) is 9.87. The maximum atomic E-state index is 4.31. The van der Waals surface area contributed by atoms with E-state index in [9.17, 15) is 0 Å². The smallest absolute Gasteiger partial charge is 0.00584 e. The van der Waals surface area contributed by atoms with Crippen molar-refractivity contribution in [3.63, 3.8) is 0 Å². The standard InChI is InChI=1S/C46H54.C5H12/c1-27(2)19-41-30(6)20-39-23-38(25-44(39)46(41)34-9-7-29(5)8-10-34)35-17-18-40-42(32-15-16-32)26-43(45(40)24-35)33-13-11-31(12-14-33)37-21-36(22-37)28(3)4;1-5(2,3)4/h7-10,17-18,20,23-24,26,28,31-33,36-37,42H,1,11-16,19,21-22,25H2,2-6H3;1-4H3. The lowest BCUT2D eigenvalue weighted by Crippen LogP contribution is -2.34. The van der Waals surface area contributed by atoms with Crippen molar-refractivity contribution >= 4 is 17.2 Å². The van der Waals surface area contributed by atoms with Crippen molar-refractivity contribution in [1.82, 2.24) is 0 Å². The minimum Gasteiger partial charge on any atom is -0.0998 e. The largest absolute Gasteiger partial charge is 0.0998 e. The molecule has 3 aromatic carbocycles. The molecule has 3 fully saturated rings. The lowest BCUT2D eigenvalue weighted by molar-refractivity contribution is 0.0646. The minimum atomic E-state index is 0.500. The van der Waals surface area contributed by atoms with Crippen molar-refractivity contribution in [3.05, 3.63) is 111 Å². The number of hydrogen-bond donors (Lipinski definition) is 0. The Morgan fingerprint density at radius 1 is 0.804 bits per heavy atom. The molecule has 0 nitrogen and oxygen atoms in total. The summed E-state index contributed by atoms with van der Waals surface area (Å²) in [5.41, 5.74) is 19.5. The van der Waals surface area contributed by atoms with Crippen LogP contribution in [0, 0.1) is 54.8 Å². The number of rotatable bonds is 8. The van der Waals surface area contributed by atoms with Crippen molar-refractivity contribution in [3.8, 4) is 11.1 Å². The van der Waals surface area contributed by atoms with Crippen molar-refractivity contribution in [1.29, 1.82) is 0 Å². The van der Waals surface area contributed by atoms with Gasteiger partial charge in [-0.15, -0.1) is 0 Å². The van der Waals surface area contributed by atoms with E-state index in [4.69, 9.17) is 0 Å². The van der Waals surface area contributed by atoms with E-state index in [1.807, 2.05) is 0 Å². The van der Waals surface area contributed by atoms with Gasteiger partial charge in [-0.1, -0.05) is 114 Å². The molecule has 0 amide bonds. The van der Waals surface area contributed by atoms with E-state index >= 15 is 0 Å². The highest BCUT2D eigenvalue weighted by Gasteiger charge is 2.41. The fourth-order valence-corrected chi connectivity index (χ4v) is 9.87. The Bertz CT molecular complexity index is 1810. The SMILES string of the molecule is C=C(C)Cc1c(C)cc2c(c1-c1ccc(C)cc1)CC(c1ccc3c(c1)C(C1CCC(C4CC(C(C)C)C4)CC1)=CC3C1CC1)=C2.CC(C)(C)C. The second-order valence-corrected chi connectivity index (χ2v) is 19.6. The van der Waals surface area contributed by atoms with E-state index in [1.165, 1.54) is 107 Å². The summed E-state index contributed by atoms with van der Waals surface area (Å²) in [5.74, 6) is 6.17. The van der Waals surface area contributed by atoms with Crippen LogP contribution in [0.5, 0.6) is 0 Å². The van der Waals surface area contributed by atoms with Crippen LogP contribution in [0.1, 0.15) is 150 Å². The Morgan fingerprint density at radius 2 is 1.43 bits per heavy atom. The first-order chi connectivity index (χ1) is 24.2. The predicted molar refractivity (Wildman–Crippen MR) is 223 cm³/mol. The normalized spacial score (nSPS) is 25.3. The Kier molecular flexibility index (Phi) is 10.2. The fraction of sp³-hybridized carbons (Fsp3) is 0.529. The van der Waals surface area contributed by atoms with Gasteiger partial charge in [-0.05, 0) is 193 Å². The molecule has 3 aromatic rings. The molecule has 0 spiro atoms. The molecule has 1 atom stereocenters. The summed E-state index contributed by atoms with van der Waals surface area (Å²) in [6, 6.07) is 19.3. The van der Waals surface area contributed by atoms with Crippen molar-refractivity contribution in [2.45, 2.75) is 132 Å². The van der Waals surface area contributed by atoms with Gasteiger partial charge >= 0.3 is 0 Å². The molecule has 5 aliphatic carbocycles. The van der Waals surface area contributed by atoms with Gasteiger partial charge in [-0.25, -0.2) is 0 Å². The Balaban J connectivity index is 0.000000761. The third-order valence-corrected chi connectivity index (χ3v) is 12.9. The van der Waals surface area contributed by atoms with E-state index < -0.39 is 0 Å². The monoisotopic (exact) mass is 679 g/mol. The maximum Gasteiger partial charge on any atom is 0.00584 e. The molecule has 0 heteroatoms. The minimum absolute atomic E-state index is 0.500. The van der Waals surface area contributed by atoms with Crippen LogP contribution in [0.2, 0.25) is 0 Å². The van der Waals surface area contributed by atoms with E-state index in [2.05, 4.69) is 130 Å². The lowest BCUT2D eigenvalue weighted by Gasteiger charge is -2.45. The molecule has 270 valence electrons. The lowest BCUT2D eigenvalue weighted by atomic mass is 9.60. The summed E-state index contributed by atoms with van der Waals surface area (Å²) in [6.07, 6.45) is 18.8. The Hall–Kier alpha value is -3.12. The van der Waals surface area contributed by atoms with Crippen LogP contribution in [-0.2, 0) is 12.8 Å². The van der Waals surface area contributed by atoms with Gasteiger partial charge in [0.05, 0.1) is 0 Å². The van der Waals surface area contributed by atoms with Crippen LogP contribution >= 0.6 is 0 Å². The van der Waals surface area contributed by atoms with Gasteiger partial charge in [0.2, 0.25) is 0 Å². The van der Waals surface area contributed by atoms with Gasteiger partial charge in [0.15, 0.2) is 0 Å². The van der Waals surface area contributed by atoms with Gasteiger partial charge in [0.1, 0.15) is 0 Å². The molecular weight excluding hydrogens is 613 g/mol. The van der Waals surface area contributed by atoms with E-state index in [-0.39, 0.29) is 0 Å². The van der Waals surface area contributed by atoms with Crippen molar-refractivity contribution < 1.29 is 0 Å². The average Bonchev–Trinajstić information content (AvgIpc) is 3.69. The molecule has 3 saturated carbocycles. The molecule has 0 bridgehead atoms. The third kappa shape index (κ3) is 7.97. The molecule has 0 radical (unpaired) electrons. The van der Waals surface area contributed by atoms with Gasteiger partial charge in [0, 0.05) is 5.92 Å². The highest BCUT2D eigenvalue weighted by molar-refractivity contribution is 5.94. The first kappa shape index (κ1) is 36.2.